The minimum atomic E-state index is 0.459. The summed E-state index contributed by atoms with van der Waals surface area (Å²) < 4.78 is 8.28. The highest BCUT2D eigenvalue weighted by atomic mass is 16.5. The Hall–Kier alpha value is -3.59. The van der Waals surface area contributed by atoms with Crippen molar-refractivity contribution in [1.29, 1.82) is 0 Å². The van der Waals surface area contributed by atoms with Crippen molar-refractivity contribution in [3.8, 4) is 5.75 Å². The fourth-order valence-electron chi connectivity index (χ4n) is 3.55. The Balaban J connectivity index is 1.32. The summed E-state index contributed by atoms with van der Waals surface area (Å²) in [5.74, 6) is 0.865. The number of benzene rings is 3. The quantitative estimate of drug-likeness (QED) is 0.393. The fourth-order valence-corrected chi connectivity index (χ4v) is 3.55. The minimum Gasteiger partial charge on any atom is -0.487 e. The molecule has 0 aliphatic rings. The first-order valence-electron chi connectivity index (χ1n) is 9.45. The van der Waals surface area contributed by atoms with Crippen LogP contribution in [-0.4, -0.2) is 9.55 Å². The molecule has 3 aromatic carbocycles. The highest BCUT2D eigenvalue weighted by molar-refractivity contribution is 5.80. The third-order valence-electron chi connectivity index (χ3n) is 4.97. The SMILES string of the molecule is c1cc(Cn2ccc3ccccc32)cc(OCc2ccc3ccccc3n2)c1. The molecule has 0 aliphatic carbocycles. The van der Waals surface area contributed by atoms with Gasteiger partial charge in [-0.3, -0.25) is 0 Å². The number of ether oxygens (including phenoxy) is 1. The molecule has 28 heavy (non-hydrogen) atoms. The van der Waals surface area contributed by atoms with Gasteiger partial charge in [0.15, 0.2) is 0 Å². The Labute approximate surface area is 163 Å². The summed E-state index contributed by atoms with van der Waals surface area (Å²) in [6, 6.07) is 31.1. The van der Waals surface area contributed by atoms with E-state index < -0.39 is 0 Å². The van der Waals surface area contributed by atoms with E-state index in [1.54, 1.807) is 0 Å². The molecule has 2 aromatic heterocycles. The van der Waals surface area contributed by atoms with E-state index >= 15 is 0 Å². The van der Waals surface area contributed by atoms with Crippen molar-refractivity contribution in [3.63, 3.8) is 0 Å². The monoisotopic (exact) mass is 364 g/mol. The van der Waals surface area contributed by atoms with Gasteiger partial charge in [-0.05, 0) is 47.3 Å². The van der Waals surface area contributed by atoms with E-state index in [-0.39, 0.29) is 0 Å². The molecular formula is C25H20N2O. The zero-order valence-corrected chi connectivity index (χ0v) is 15.5. The molecule has 0 N–H and O–H groups in total. The van der Waals surface area contributed by atoms with Gasteiger partial charge in [0.25, 0.3) is 0 Å². The molecule has 0 fully saturated rings. The molecule has 0 spiro atoms. The van der Waals surface area contributed by atoms with Crippen LogP contribution >= 0.6 is 0 Å². The van der Waals surface area contributed by atoms with Crippen molar-refractivity contribution in [1.82, 2.24) is 9.55 Å². The van der Waals surface area contributed by atoms with Crippen molar-refractivity contribution in [3.05, 3.63) is 108 Å². The van der Waals surface area contributed by atoms with Gasteiger partial charge in [0, 0.05) is 23.6 Å². The molecule has 3 heteroatoms. The van der Waals surface area contributed by atoms with Crippen LogP contribution in [-0.2, 0) is 13.2 Å². The highest BCUT2D eigenvalue weighted by Gasteiger charge is 2.04. The standard InChI is InChI=1S/C25H20N2O/c1-3-10-24-20(7-1)12-13-22(26-24)18-28-23-9-5-6-19(16-23)17-27-15-14-21-8-2-4-11-25(21)27/h1-16H,17-18H2. The molecule has 0 amide bonds. The maximum Gasteiger partial charge on any atom is 0.130 e. The van der Waals surface area contributed by atoms with Gasteiger partial charge in [-0.15, -0.1) is 0 Å². The van der Waals surface area contributed by atoms with Crippen LogP contribution in [0.25, 0.3) is 21.8 Å². The summed E-state index contributed by atoms with van der Waals surface area (Å²) in [5.41, 5.74) is 4.39. The second kappa shape index (κ2) is 7.20. The second-order valence-corrected chi connectivity index (χ2v) is 6.93. The van der Waals surface area contributed by atoms with E-state index in [0.717, 1.165) is 28.9 Å². The third kappa shape index (κ3) is 3.35. The fraction of sp³-hybridized carbons (Fsp3) is 0.0800. The summed E-state index contributed by atoms with van der Waals surface area (Å²) in [4.78, 5) is 4.68. The molecule has 0 saturated heterocycles. The molecule has 0 atom stereocenters. The van der Waals surface area contributed by atoms with E-state index in [2.05, 4.69) is 70.3 Å². The first kappa shape index (κ1) is 16.6. The Morgan fingerprint density at radius 2 is 1.61 bits per heavy atom. The maximum atomic E-state index is 6.02. The molecule has 5 rings (SSSR count). The average molecular weight is 364 g/mol. The first-order chi connectivity index (χ1) is 13.8. The van der Waals surface area contributed by atoms with Gasteiger partial charge in [-0.2, -0.15) is 0 Å². The zero-order valence-electron chi connectivity index (χ0n) is 15.5. The number of pyridine rings is 1. The number of para-hydroxylation sites is 2. The van der Waals surface area contributed by atoms with E-state index in [0.29, 0.717) is 6.61 Å². The van der Waals surface area contributed by atoms with Crippen LogP contribution in [0, 0.1) is 0 Å². The van der Waals surface area contributed by atoms with Crippen LogP contribution in [0.5, 0.6) is 5.75 Å². The van der Waals surface area contributed by atoms with Gasteiger partial charge < -0.3 is 9.30 Å². The van der Waals surface area contributed by atoms with Crippen LogP contribution in [0.4, 0.5) is 0 Å². The van der Waals surface area contributed by atoms with Gasteiger partial charge >= 0.3 is 0 Å². The lowest BCUT2D eigenvalue weighted by molar-refractivity contribution is 0.301. The van der Waals surface area contributed by atoms with Crippen LogP contribution < -0.4 is 4.74 Å². The van der Waals surface area contributed by atoms with Crippen LogP contribution in [0.2, 0.25) is 0 Å². The predicted octanol–water partition coefficient (Wildman–Crippen LogP) is 5.82. The zero-order chi connectivity index (χ0) is 18.8. The first-order valence-corrected chi connectivity index (χ1v) is 9.45. The summed E-state index contributed by atoms with van der Waals surface area (Å²) in [5, 5.41) is 2.41. The molecule has 0 unspecified atom stereocenters. The summed E-state index contributed by atoms with van der Waals surface area (Å²) in [7, 11) is 0. The topological polar surface area (TPSA) is 27.1 Å². The number of aromatic nitrogens is 2. The minimum absolute atomic E-state index is 0.459. The predicted molar refractivity (Wildman–Crippen MR) is 114 cm³/mol. The normalized spacial score (nSPS) is 11.1. The van der Waals surface area contributed by atoms with E-state index in [9.17, 15) is 0 Å². The van der Waals surface area contributed by atoms with Crippen LogP contribution in [0.3, 0.4) is 0 Å². The Bertz CT molecular complexity index is 1260. The maximum absolute atomic E-state index is 6.02. The molecule has 0 saturated carbocycles. The lowest BCUT2D eigenvalue weighted by atomic mass is 10.2. The van der Waals surface area contributed by atoms with Crippen molar-refractivity contribution in [2.75, 3.05) is 0 Å². The van der Waals surface area contributed by atoms with E-state index in [1.165, 1.54) is 16.5 Å². The number of hydrogen-bond donors (Lipinski definition) is 0. The van der Waals surface area contributed by atoms with Gasteiger partial charge in [-0.1, -0.05) is 54.6 Å². The van der Waals surface area contributed by atoms with Gasteiger partial charge in [0.2, 0.25) is 0 Å². The lowest BCUT2D eigenvalue weighted by Gasteiger charge is -2.10. The Morgan fingerprint density at radius 3 is 2.57 bits per heavy atom. The van der Waals surface area contributed by atoms with Crippen molar-refractivity contribution < 1.29 is 4.74 Å². The van der Waals surface area contributed by atoms with E-state index in [4.69, 9.17) is 4.74 Å². The highest BCUT2D eigenvalue weighted by Crippen LogP contribution is 2.20. The summed E-state index contributed by atoms with van der Waals surface area (Å²) in [6.07, 6.45) is 2.14. The molecule has 0 aliphatic heterocycles. The van der Waals surface area contributed by atoms with Crippen molar-refractivity contribution >= 4 is 21.8 Å². The number of fused-ring (bicyclic) bond motifs is 2. The summed E-state index contributed by atoms with van der Waals surface area (Å²) >= 11 is 0. The average Bonchev–Trinajstić information content (AvgIpc) is 3.15. The smallest absolute Gasteiger partial charge is 0.130 e. The third-order valence-corrected chi connectivity index (χ3v) is 4.97. The number of rotatable bonds is 5. The lowest BCUT2D eigenvalue weighted by Crippen LogP contribution is -2.01. The summed E-state index contributed by atoms with van der Waals surface area (Å²) in [6.45, 7) is 1.28. The van der Waals surface area contributed by atoms with Crippen molar-refractivity contribution in [2.24, 2.45) is 0 Å². The molecule has 2 heterocycles. The molecule has 0 bridgehead atoms. The van der Waals surface area contributed by atoms with Crippen LogP contribution in [0.1, 0.15) is 11.3 Å². The van der Waals surface area contributed by atoms with Gasteiger partial charge in [-0.25, -0.2) is 4.98 Å². The largest absolute Gasteiger partial charge is 0.487 e. The molecule has 5 aromatic rings. The Kier molecular flexibility index (Phi) is 4.26. The molecule has 3 nitrogen and oxygen atoms in total. The van der Waals surface area contributed by atoms with Gasteiger partial charge in [0.1, 0.15) is 12.4 Å². The molecule has 136 valence electrons. The number of nitrogens with zero attached hydrogens (tertiary/aromatic N) is 2. The molecule has 0 radical (unpaired) electrons. The Morgan fingerprint density at radius 1 is 0.750 bits per heavy atom. The van der Waals surface area contributed by atoms with Gasteiger partial charge in [0.05, 0.1) is 11.2 Å². The van der Waals surface area contributed by atoms with Crippen molar-refractivity contribution in [2.45, 2.75) is 13.2 Å². The second-order valence-electron chi connectivity index (χ2n) is 6.93. The van der Waals surface area contributed by atoms with Crippen LogP contribution in [0.15, 0.2) is 97.2 Å². The van der Waals surface area contributed by atoms with E-state index in [1.807, 2.05) is 36.4 Å². The number of hydrogen-bond acceptors (Lipinski definition) is 2. The molecular weight excluding hydrogens is 344 g/mol.